The van der Waals surface area contributed by atoms with Gasteiger partial charge in [-0.3, -0.25) is 9.59 Å². The van der Waals surface area contributed by atoms with Crippen LogP contribution in [-0.4, -0.2) is 30.8 Å². The lowest BCUT2D eigenvalue weighted by molar-refractivity contribution is -0.128. The van der Waals surface area contributed by atoms with Gasteiger partial charge in [0, 0.05) is 26.9 Å². The average Bonchev–Trinajstić information content (AvgIpc) is 1.86. The van der Waals surface area contributed by atoms with Crippen molar-refractivity contribution in [3.63, 3.8) is 0 Å². The molecule has 0 saturated carbocycles. The zero-order valence-corrected chi connectivity index (χ0v) is 8.19. The van der Waals surface area contributed by atoms with Crippen LogP contribution >= 0.6 is 12.4 Å². The van der Waals surface area contributed by atoms with Crippen molar-refractivity contribution >= 4 is 24.2 Å². The van der Waals surface area contributed by atoms with Crippen LogP contribution in [0.4, 0.5) is 0 Å². The Kier molecular flexibility index (Phi) is 7.94. The van der Waals surface area contributed by atoms with Crippen molar-refractivity contribution in [2.75, 3.05) is 14.1 Å². The van der Waals surface area contributed by atoms with Crippen LogP contribution in [0.15, 0.2) is 0 Å². The topological polar surface area (TPSA) is 63.4 Å². The second-order valence-corrected chi connectivity index (χ2v) is 2.61. The molecule has 5 heteroatoms. The van der Waals surface area contributed by atoms with Gasteiger partial charge in [-0.2, -0.15) is 0 Å². The van der Waals surface area contributed by atoms with Gasteiger partial charge >= 0.3 is 0 Å². The minimum Gasteiger partial charge on any atom is -0.370 e. The van der Waals surface area contributed by atoms with E-state index < -0.39 is 0 Å². The van der Waals surface area contributed by atoms with E-state index >= 15 is 0 Å². The highest BCUT2D eigenvalue weighted by Crippen LogP contribution is 1.96. The lowest BCUT2D eigenvalue weighted by Gasteiger charge is -2.08. The van der Waals surface area contributed by atoms with Crippen LogP contribution in [0.2, 0.25) is 0 Å². The van der Waals surface area contributed by atoms with Gasteiger partial charge in [0.1, 0.15) is 0 Å². The quantitative estimate of drug-likeness (QED) is 0.693. The highest BCUT2D eigenvalue weighted by molar-refractivity contribution is 5.85. The molecule has 4 nitrogen and oxygen atoms in total. The third-order valence-corrected chi connectivity index (χ3v) is 1.31. The first kappa shape index (κ1) is 13.8. The standard InChI is InChI=1S/C7H14N2O2.ClH/c1-9(2)7(11)5-3-4-6(8)10;/h3-5H2,1-2H3,(H2,8,10);1H. The van der Waals surface area contributed by atoms with Gasteiger partial charge < -0.3 is 10.6 Å². The molecule has 12 heavy (non-hydrogen) atoms. The first-order valence-electron chi connectivity index (χ1n) is 3.52. The first-order valence-corrected chi connectivity index (χ1v) is 3.52. The minimum atomic E-state index is -0.350. The molecule has 0 aromatic rings. The summed E-state index contributed by atoms with van der Waals surface area (Å²) in [5, 5.41) is 0. The van der Waals surface area contributed by atoms with Gasteiger partial charge in [0.15, 0.2) is 0 Å². The Labute approximate surface area is 78.5 Å². The van der Waals surface area contributed by atoms with Crippen LogP contribution in [0.1, 0.15) is 19.3 Å². The summed E-state index contributed by atoms with van der Waals surface area (Å²) in [6.45, 7) is 0. The molecular weight excluding hydrogens is 180 g/mol. The minimum absolute atomic E-state index is 0. The number of halogens is 1. The average molecular weight is 195 g/mol. The van der Waals surface area contributed by atoms with Gasteiger partial charge in [0.25, 0.3) is 0 Å². The van der Waals surface area contributed by atoms with Crippen LogP contribution < -0.4 is 5.73 Å². The fourth-order valence-corrected chi connectivity index (χ4v) is 0.637. The van der Waals surface area contributed by atoms with Crippen LogP contribution in [0.25, 0.3) is 0 Å². The monoisotopic (exact) mass is 194 g/mol. The van der Waals surface area contributed by atoms with Crippen molar-refractivity contribution in [2.45, 2.75) is 19.3 Å². The molecule has 72 valence electrons. The number of rotatable bonds is 4. The summed E-state index contributed by atoms with van der Waals surface area (Å²) in [5.74, 6) is -0.317. The molecule has 0 unspecified atom stereocenters. The number of carbonyl (C=O) groups excluding carboxylic acids is 2. The van der Waals surface area contributed by atoms with E-state index in [9.17, 15) is 9.59 Å². The molecule has 0 aliphatic heterocycles. The Morgan fingerprint density at radius 3 is 2.08 bits per heavy atom. The predicted octanol–water partition coefficient (Wildman–Crippen LogP) is 0.152. The second kappa shape index (κ2) is 6.91. The number of nitrogens with two attached hydrogens (primary N) is 1. The number of hydrogen-bond acceptors (Lipinski definition) is 2. The van der Waals surface area contributed by atoms with Crippen molar-refractivity contribution < 1.29 is 9.59 Å². The van der Waals surface area contributed by atoms with Crippen molar-refractivity contribution in [3.8, 4) is 0 Å². The zero-order chi connectivity index (χ0) is 8.85. The SMILES string of the molecule is CN(C)C(=O)CCCC(N)=O.Cl. The largest absolute Gasteiger partial charge is 0.370 e. The molecule has 0 aromatic heterocycles. The molecule has 2 N–H and O–H groups in total. The Morgan fingerprint density at radius 2 is 1.75 bits per heavy atom. The fourth-order valence-electron chi connectivity index (χ4n) is 0.637. The van der Waals surface area contributed by atoms with E-state index in [2.05, 4.69) is 0 Å². The Hall–Kier alpha value is -0.770. The molecule has 0 radical (unpaired) electrons. The summed E-state index contributed by atoms with van der Waals surface area (Å²) >= 11 is 0. The van der Waals surface area contributed by atoms with E-state index in [4.69, 9.17) is 5.73 Å². The maximum absolute atomic E-state index is 10.9. The molecular formula is C7H15ClN2O2. The molecule has 0 aliphatic carbocycles. The number of primary amides is 1. The van der Waals surface area contributed by atoms with Crippen molar-refractivity contribution in [3.05, 3.63) is 0 Å². The summed E-state index contributed by atoms with van der Waals surface area (Å²) in [4.78, 5) is 22.6. The number of amides is 2. The van der Waals surface area contributed by atoms with E-state index in [0.717, 1.165) is 0 Å². The van der Waals surface area contributed by atoms with E-state index in [0.29, 0.717) is 19.3 Å². The molecule has 0 heterocycles. The van der Waals surface area contributed by atoms with Gasteiger partial charge in [0.05, 0.1) is 0 Å². The molecule has 0 aromatic carbocycles. The highest BCUT2D eigenvalue weighted by atomic mass is 35.5. The van der Waals surface area contributed by atoms with E-state index in [1.54, 1.807) is 14.1 Å². The number of hydrogen-bond donors (Lipinski definition) is 1. The molecule has 0 bridgehead atoms. The lowest BCUT2D eigenvalue weighted by atomic mass is 10.2. The third kappa shape index (κ3) is 7.34. The maximum Gasteiger partial charge on any atom is 0.222 e. The van der Waals surface area contributed by atoms with E-state index in [1.807, 2.05) is 0 Å². The number of carbonyl (C=O) groups is 2. The van der Waals surface area contributed by atoms with Gasteiger partial charge in [-0.25, -0.2) is 0 Å². The van der Waals surface area contributed by atoms with Gasteiger partial charge in [-0.15, -0.1) is 12.4 Å². The molecule has 2 amide bonds. The van der Waals surface area contributed by atoms with Crippen LogP contribution in [0.3, 0.4) is 0 Å². The normalized spacial score (nSPS) is 8.50. The first-order chi connectivity index (χ1) is 5.04. The molecule has 0 spiro atoms. The third-order valence-electron chi connectivity index (χ3n) is 1.31. The predicted molar refractivity (Wildman–Crippen MR) is 49.0 cm³/mol. The maximum atomic E-state index is 10.9. The summed E-state index contributed by atoms with van der Waals surface area (Å²) < 4.78 is 0. The van der Waals surface area contributed by atoms with Crippen LogP contribution in [0.5, 0.6) is 0 Å². The summed E-state index contributed by atoms with van der Waals surface area (Å²) in [6, 6.07) is 0. The van der Waals surface area contributed by atoms with E-state index in [1.165, 1.54) is 4.90 Å². The van der Waals surface area contributed by atoms with Crippen LogP contribution in [-0.2, 0) is 9.59 Å². The summed E-state index contributed by atoms with van der Waals surface area (Å²) in [5.41, 5.74) is 4.89. The zero-order valence-electron chi connectivity index (χ0n) is 7.37. The van der Waals surface area contributed by atoms with Crippen molar-refractivity contribution in [1.82, 2.24) is 4.90 Å². The molecule has 0 rings (SSSR count). The van der Waals surface area contributed by atoms with E-state index in [-0.39, 0.29) is 24.2 Å². The smallest absolute Gasteiger partial charge is 0.222 e. The number of nitrogens with zero attached hydrogens (tertiary/aromatic N) is 1. The Balaban J connectivity index is 0. The lowest BCUT2D eigenvalue weighted by Crippen LogP contribution is -2.21. The highest BCUT2D eigenvalue weighted by Gasteiger charge is 2.03. The second-order valence-electron chi connectivity index (χ2n) is 2.61. The Morgan fingerprint density at radius 1 is 1.25 bits per heavy atom. The molecule has 0 saturated heterocycles. The molecule has 0 fully saturated rings. The van der Waals surface area contributed by atoms with Crippen molar-refractivity contribution in [1.29, 1.82) is 0 Å². The molecule has 0 aliphatic rings. The van der Waals surface area contributed by atoms with Crippen LogP contribution in [0, 0.1) is 0 Å². The summed E-state index contributed by atoms with van der Waals surface area (Å²) in [7, 11) is 3.37. The van der Waals surface area contributed by atoms with Gasteiger partial charge in [0.2, 0.25) is 11.8 Å². The molecule has 0 atom stereocenters. The van der Waals surface area contributed by atoms with Gasteiger partial charge in [-0.05, 0) is 6.42 Å². The van der Waals surface area contributed by atoms with Gasteiger partial charge in [-0.1, -0.05) is 0 Å². The Bertz CT molecular complexity index is 159. The fraction of sp³-hybridized carbons (Fsp3) is 0.714. The summed E-state index contributed by atoms with van der Waals surface area (Å²) in [6.07, 6.45) is 1.24. The van der Waals surface area contributed by atoms with Crippen molar-refractivity contribution in [2.24, 2.45) is 5.73 Å².